The maximum absolute atomic E-state index is 11.9. The molecule has 0 N–H and O–H groups in total. The predicted molar refractivity (Wildman–Crippen MR) is 58.0 cm³/mol. The van der Waals surface area contributed by atoms with E-state index in [2.05, 4.69) is 10.1 Å². The molecule has 5 heteroatoms. The summed E-state index contributed by atoms with van der Waals surface area (Å²) in [7, 11) is 0. The first-order chi connectivity index (χ1) is 7.81. The first-order valence-electron chi connectivity index (χ1n) is 5.82. The highest BCUT2D eigenvalue weighted by molar-refractivity contribution is 5.84. The van der Waals surface area contributed by atoms with Gasteiger partial charge in [-0.2, -0.15) is 5.10 Å². The van der Waals surface area contributed by atoms with E-state index in [1.54, 1.807) is 4.68 Å². The van der Waals surface area contributed by atoms with Crippen molar-refractivity contribution in [3.05, 3.63) is 12.2 Å². The third kappa shape index (κ3) is 2.47. The highest BCUT2D eigenvalue weighted by Crippen LogP contribution is 2.14. The molecule has 0 radical (unpaired) electrons. The van der Waals surface area contributed by atoms with Crippen LogP contribution in [0.25, 0.3) is 0 Å². The number of rotatable bonds is 4. The zero-order valence-corrected chi connectivity index (χ0v) is 9.56. The fourth-order valence-corrected chi connectivity index (χ4v) is 1.95. The van der Waals surface area contributed by atoms with Crippen LogP contribution in [0.3, 0.4) is 0 Å². The quantitative estimate of drug-likeness (QED) is 0.763. The molecule has 88 valence electrons. The van der Waals surface area contributed by atoms with Gasteiger partial charge in [0.05, 0.1) is 6.42 Å². The lowest BCUT2D eigenvalue weighted by Gasteiger charge is -2.21. The summed E-state index contributed by atoms with van der Waals surface area (Å²) < 4.78 is 7.21. The fourth-order valence-electron chi connectivity index (χ4n) is 1.95. The summed E-state index contributed by atoms with van der Waals surface area (Å²) in [4.78, 5) is 16.0. The molecule has 1 aliphatic heterocycles. The summed E-state index contributed by atoms with van der Waals surface area (Å²) in [5, 5.41) is 4.05. The summed E-state index contributed by atoms with van der Waals surface area (Å²) in [6.45, 7) is 3.44. The van der Waals surface area contributed by atoms with Crippen LogP contribution in [0.15, 0.2) is 6.33 Å². The summed E-state index contributed by atoms with van der Waals surface area (Å²) >= 11 is 0. The summed E-state index contributed by atoms with van der Waals surface area (Å²) in [5.41, 5.74) is 0. The Hall–Kier alpha value is -1.23. The molecule has 1 aromatic heterocycles. The van der Waals surface area contributed by atoms with Crippen LogP contribution in [-0.2, 0) is 22.5 Å². The number of aryl methyl sites for hydroxylation is 1. The van der Waals surface area contributed by atoms with E-state index in [4.69, 9.17) is 4.74 Å². The molecule has 0 saturated carbocycles. The second kappa shape index (κ2) is 5.21. The van der Waals surface area contributed by atoms with Gasteiger partial charge in [-0.05, 0) is 26.2 Å². The third-order valence-electron chi connectivity index (χ3n) is 2.87. The van der Waals surface area contributed by atoms with E-state index in [0.717, 1.165) is 31.6 Å². The van der Waals surface area contributed by atoms with Gasteiger partial charge >= 0.3 is 0 Å². The maximum Gasteiger partial charge on any atom is 0.169 e. The maximum atomic E-state index is 11.9. The smallest absolute Gasteiger partial charge is 0.169 e. The first kappa shape index (κ1) is 11.3. The average molecular weight is 223 g/mol. The first-order valence-corrected chi connectivity index (χ1v) is 5.82. The molecule has 1 atom stereocenters. The van der Waals surface area contributed by atoms with Crippen LogP contribution in [0.4, 0.5) is 0 Å². The van der Waals surface area contributed by atoms with Crippen molar-refractivity contribution in [1.29, 1.82) is 0 Å². The Morgan fingerprint density at radius 3 is 3.19 bits per heavy atom. The van der Waals surface area contributed by atoms with Crippen LogP contribution in [0.1, 0.15) is 32.0 Å². The Morgan fingerprint density at radius 2 is 2.50 bits per heavy atom. The van der Waals surface area contributed by atoms with Crippen LogP contribution in [-0.4, -0.2) is 33.3 Å². The lowest BCUT2D eigenvalue weighted by atomic mass is 10.0. The number of ether oxygens (including phenoxy) is 1. The number of aromatic nitrogens is 3. The Kier molecular flexibility index (Phi) is 3.66. The van der Waals surface area contributed by atoms with Crippen molar-refractivity contribution >= 4 is 5.78 Å². The Labute approximate surface area is 94.8 Å². The van der Waals surface area contributed by atoms with Crippen LogP contribution in [0, 0.1) is 0 Å². The van der Waals surface area contributed by atoms with E-state index in [9.17, 15) is 4.79 Å². The van der Waals surface area contributed by atoms with Gasteiger partial charge in [-0.15, -0.1) is 0 Å². The second-order valence-corrected chi connectivity index (χ2v) is 3.99. The van der Waals surface area contributed by atoms with Crippen molar-refractivity contribution < 1.29 is 9.53 Å². The second-order valence-electron chi connectivity index (χ2n) is 3.99. The molecule has 1 unspecified atom stereocenters. The molecule has 1 aliphatic rings. The zero-order valence-electron chi connectivity index (χ0n) is 9.56. The molecular weight excluding hydrogens is 206 g/mol. The molecule has 5 nitrogen and oxygen atoms in total. The molecule has 2 rings (SSSR count). The van der Waals surface area contributed by atoms with E-state index in [1.807, 2.05) is 6.92 Å². The molecular formula is C11H17N3O2. The van der Waals surface area contributed by atoms with E-state index >= 15 is 0 Å². The fraction of sp³-hybridized carbons (Fsp3) is 0.727. The van der Waals surface area contributed by atoms with Gasteiger partial charge < -0.3 is 4.74 Å². The number of hydrogen-bond donors (Lipinski definition) is 0. The van der Waals surface area contributed by atoms with Crippen molar-refractivity contribution in [1.82, 2.24) is 14.8 Å². The number of carbonyl (C=O) groups is 1. The van der Waals surface area contributed by atoms with Gasteiger partial charge in [-0.1, -0.05) is 0 Å². The number of hydrogen-bond acceptors (Lipinski definition) is 4. The van der Waals surface area contributed by atoms with Gasteiger partial charge in [0.2, 0.25) is 0 Å². The summed E-state index contributed by atoms with van der Waals surface area (Å²) in [6.07, 6.45) is 4.59. The van der Waals surface area contributed by atoms with Gasteiger partial charge in [0.25, 0.3) is 0 Å². The zero-order chi connectivity index (χ0) is 11.4. The lowest BCUT2D eigenvalue weighted by molar-refractivity contribution is -0.132. The van der Waals surface area contributed by atoms with Crippen molar-refractivity contribution in [3.8, 4) is 0 Å². The van der Waals surface area contributed by atoms with Crippen LogP contribution in [0.2, 0.25) is 0 Å². The molecule has 1 saturated heterocycles. The van der Waals surface area contributed by atoms with Crippen LogP contribution >= 0.6 is 0 Å². The SMILES string of the molecule is CCn1ncnc1CC(=O)C1CCCCO1. The van der Waals surface area contributed by atoms with E-state index in [1.165, 1.54) is 6.33 Å². The van der Waals surface area contributed by atoms with Crippen molar-refractivity contribution in [2.24, 2.45) is 0 Å². The van der Waals surface area contributed by atoms with E-state index in [-0.39, 0.29) is 11.9 Å². The Bertz CT molecular complexity index is 356. The minimum Gasteiger partial charge on any atom is -0.370 e. The average Bonchev–Trinajstić information content (AvgIpc) is 2.77. The number of nitrogens with zero attached hydrogens (tertiary/aromatic N) is 3. The predicted octanol–water partition coefficient (Wildman–Crippen LogP) is 0.979. The van der Waals surface area contributed by atoms with Crippen molar-refractivity contribution in [3.63, 3.8) is 0 Å². The number of Topliss-reactive ketones (excluding diaryl/α,β-unsaturated/α-hetero) is 1. The highest BCUT2D eigenvalue weighted by atomic mass is 16.5. The monoisotopic (exact) mass is 223 g/mol. The minimum absolute atomic E-state index is 0.127. The van der Waals surface area contributed by atoms with Crippen molar-refractivity contribution in [2.45, 2.75) is 45.3 Å². The normalized spacial score (nSPS) is 20.9. The largest absolute Gasteiger partial charge is 0.370 e. The number of ketones is 1. The van der Waals surface area contributed by atoms with Gasteiger partial charge in [0.15, 0.2) is 5.78 Å². The molecule has 1 fully saturated rings. The molecule has 1 aromatic rings. The lowest BCUT2D eigenvalue weighted by Crippen LogP contribution is -2.30. The molecule has 16 heavy (non-hydrogen) atoms. The number of carbonyl (C=O) groups excluding carboxylic acids is 1. The molecule has 2 heterocycles. The minimum atomic E-state index is -0.226. The van der Waals surface area contributed by atoms with Gasteiger partial charge in [-0.3, -0.25) is 4.79 Å². The Balaban J connectivity index is 1.95. The van der Waals surface area contributed by atoms with Gasteiger partial charge in [-0.25, -0.2) is 9.67 Å². The van der Waals surface area contributed by atoms with E-state index < -0.39 is 0 Å². The topological polar surface area (TPSA) is 57.0 Å². The molecule has 0 aromatic carbocycles. The molecule has 0 bridgehead atoms. The summed E-state index contributed by atoms with van der Waals surface area (Å²) in [6, 6.07) is 0. The molecule has 0 spiro atoms. The van der Waals surface area contributed by atoms with Crippen LogP contribution in [0.5, 0.6) is 0 Å². The Morgan fingerprint density at radius 1 is 1.62 bits per heavy atom. The van der Waals surface area contributed by atoms with Gasteiger partial charge in [0, 0.05) is 13.2 Å². The third-order valence-corrected chi connectivity index (χ3v) is 2.87. The van der Waals surface area contributed by atoms with Crippen molar-refractivity contribution in [2.75, 3.05) is 6.61 Å². The molecule has 0 aliphatic carbocycles. The van der Waals surface area contributed by atoms with Gasteiger partial charge in [0.1, 0.15) is 18.3 Å². The summed E-state index contributed by atoms with van der Waals surface area (Å²) in [5.74, 6) is 0.865. The van der Waals surface area contributed by atoms with Crippen LogP contribution < -0.4 is 0 Å². The molecule has 0 amide bonds. The van der Waals surface area contributed by atoms with E-state index in [0.29, 0.717) is 13.0 Å². The highest BCUT2D eigenvalue weighted by Gasteiger charge is 2.23. The standard InChI is InChI=1S/C11H17N3O2/c1-2-14-11(12-8-13-14)7-9(15)10-5-3-4-6-16-10/h8,10H,2-7H2,1H3.